The topological polar surface area (TPSA) is 384 Å². The Labute approximate surface area is 388 Å². The van der Waals surface area contributed by atoms with E-state index in [0.29, 0.717) is 6.54 Å². The van der Waals surface area contributed by atoms with Crippen LogP contribution in [0.25, 0.3) is 0 Å². The third kappa shape index (κ3) is 15.7. The number of hydrogen-bond donors (Lipinski definition) is 13. The van der Waals surface area contributed by atoms with Gasteiger partial charge in [0.1, 0.15) is 67.1 Å². The summed E-state index contributed by atoms with van der Waals surface area (Å²) in [4.78, 5) is 37.4. The van der Waals surface area contributed by atoms with Crippen molar-refractivity contribution in [2.75, 3.05) is 33.0 Å². The number of amides is 2. The van der Waals surface area contributed by atoms with E-state index in [9.17, 15) is 70.6 Å². The summed E-state index contributed by atoms with van der Waals surface area (Å²) in [5.74, 6) is -6.19. The van der Waals surface area contributed by atoms with Crippen LogP contribution < -0.4 is 10.6 Å². The average Bonchev–Trinajstić information content (AvgIpc) is 3.78. The van der Waals surface area contributed by atoms with E-state index in [1.54, 1.807) is 0 Å². The predicted molar refractivity (Wildman–Crippen MR) is 227 cm³/mol. The smallest absolute Gasteiger partial charge is 0.364 e. The van der Waals surface area contributed by atoms with Gasteiger partial charge in [-0.3, -0.25) is 9.59 Å². The number of carbonyl (C=O) groups is 3. The molecule has 16 atom stereocenters. The number of carbonyl (C=O) groups excluding carboxylic acids is 2. The van der Waals surface area contributed by atoms with Gasteiger partial charge in [-0.1, -0.05) is 82.8 Å². The van der Waals surface area contributed by atoms with Crippen LogP contribution in [0.1, 0.15) is 108 Å². The summed E-state index contributed by atoms with van der Waals surface area (Å²) in [5.41, 5.74) is 0.0813. The second-order valence-corrected chi connectivity index (χ2v) is 17.4. The van der Waals surface area contributed by atoms with Gasteiger partial charge in [0.05, 0.1) is 51.3 Å². The van der Waals surface area contributed by atoms with E-state index < -0.39 is 142 Å². The molecule has 4 heterocycles. The number of aliphatic hydroxyl groups is 10. The summed E-state index contributed by atoms with van der Waals surface area (Å²) in [6, 6.07) is -1.56. The van der Waals surface area contributed by atoms with Gasteiger partial charge >= 0.3 is 5.97 Å². The molecule has 0 bridgehead atoms. The molecule has 1 aromatic heterocycles. The highest BCUT2D eigenvalue weighted by Gasteiger charge is 2.60. The number of ether oxygens (including phenoxy) is 6. The number of carboxylic acids is 1. The van der Waals surface area contributed by atoms with Crippen LogP contribution in [0, 0.1) is 0 Å². The molecule has 25 nitrogen and oxygen atoms in total. The Balaban J connectivity index is 1.30. The maximum absolute atomic E-state index is 12.8. The molecule has 13 N–H and O–H groups in total. The summed E-state index contributed by atoms with van der Waals surface area (Å²) in [6.07, 6.45) is -11.9. The van der Waals surface area contributed by atoms with Crippen LogP contribution in [-0.4, -0.2) is 220 Å². The van der Waals surface area contributed by atoms with E-state index >= 15 is 0 Å². The summed E-state index contributed by atoms with van der Waals surface area (Å²) < 4.78 is 35.2. The van der Waals surface area contributed by atoms with Crippen LogP contribution in [0.15, 0.2) is 6.20 Å². The fourth-order valence-corrected chi connectivity index (χ4v) is 8.32. The number of aliphatic carboxylic acids is 1. The lowest BCUT2D eigenvalue weighted by molar-refractivity contribution is -0.386. The normalized spacial score (nSPS) is 33.2. The van der Waals surface area contributed by atoms with E-state index in [4.69, 9.17) is 28.4 Å². The zero-order valence-electron chi connectivity index (χ0n) is 38.1. The maximum atomic E-state index is 12.8. The number of unbranched alkanes of at least 4 members (excludes halogenated alkanes) is 11. The van der Waals surface area contributed by atoms with Crippen molar-refractivity contribution in [3.8, 4) is 0 Å². The lowest BCUT2D eigenvalue weighted by Crippen LogP contribution is -2.70. The molecule has 2 amide bonds. The molecule has 67 heavy (non-hydrogen) atoms. The zero-order valence-corrected chi connectivity index (χ0v) is 38.1. The van der Waals surface area contributed by atoms with Crippen LogP contribution >= 0.6 is 0 Å². The minimum Gasteiger partial charge on any atom is -0.477 e. The fourth-order valence-electron chi connectivity index (χ4n) is 8.32. The Morgan fingerprint density at radius 2 is 1.45 bits per heavy atom. The Morgan fingerprint density at radius 1 is 0.836 bits per heavy atom. The second-order valence-electron chi connectivity index (χ2n) is 17.4. The molecule has 0 radical (unpaired) electrons. The summed E-state index contributed by atoms with van der Waals surface area (Å²) in [7, 11) is 0. The van der Waals surface area contributed by atoms with Crippen LogP contribution in [-0.2, 0) is 44.6 Å². The van der Waals surface area contributed by atoms with Crippen molar-refractivity contribution in [3.63, 3.8) is 0 Å². The predicted octanol–water partition coefficient (Wildman–Crippen LogP) is -3.48. The van der Waals surface area contributed by atoms with Crippen molar-refractivity contribution in [3.05, 3.63) is 11.9 Å². The standard InChI is InChI=1S/C42H73N5O20/c1-3-4-5-6-7-8-9-10-11-12-13-14-15-43-38(59)24-19-47(46-45-24)16-17-62-39-33(57)32(56)35(28(22-50)64-39)65-40-34(58)37(31(55)27(21-49)63-40)67-42(41(60)61)18-25(52)29(44-23(2)51)36(66-42)30(54)26(53)20-48/h19,25-37,39-40,48-50,52-58H,3-18,20-22H2,1-2H3,(H,43,59)(H,44,51)(H,60,61)/t25-,26+,27+,28+,29+,30+,31-,32+,33+,34+,35+,36+,37-,39+,40-,42-/m0/s1. The lowest BCUT2D eigenvalue weighted by Gasteiger charge is -2.50. The SMILES string of the molecule is CCCCCCCCCCCCCCNC(=O)c1cn(CCO[C@@H]2O[C@H](CO)[C@@H](O[C@@H]3O[C@H](CO)[C@H](O)[C@H](O[C@]4(C(=O)O)C[C@H](O)[C@@H](NC(C)=O)[C@H]([C@H](O)[C@H](O)CO)O4)[C@H]3O)[C@H](O)[C@H]2O)nn1. The Bertz CT molecular complexity index is 1630. The molecular weight excluding hydrogens is 894 g/mol. The van der Waals surface area contributed by atoms with Gasteiger partial charge in [0.25, 0.3) is 11.7 Å². The third-order valence-corrected chi connectivity index (χ3v) is 12.1. The molecule has 4 rings (SSSR count). The highest BCUT2D eigenvalue weighted by atomic mass is 16.8. The van der Waals surface area contributed by atoms with Gasteiger partial charge < -0.3 is 95.2 Å². The number of hydrogen-bond acceptors (Lipinski definition) is 21. The molecule has 0 aromatic carbocycles. The quantitative estimate of drug-likeness (QED) is 0.0347. The number of rotatable bonds is 29. The third-order valence-electron chi connectivity index (χ3n) is 12.1. The summed E-state index contributed by atoms with van der Waals surface area (Å²) in [5, 5.41) is 130. The van der Waals surface area contributed by atoms with Crippen LogP contribution in [0.4, 0.5) is 0 Å². The average molecular weight is 968 g/mol. The molecule has 0 unspecified atom stereocenters. The first-order valence-corrected chi connectivity index (χ1v) is 23.2. The number of aliphatic hydroxyl groups excluding tert-OH is 10. The van der Waals surface area contributed by atoms with Gasteiger partial charge in [-0.25, -0.2) is 9.48 Å². The Kier molecular flexibility index (Phi) is 23.6. The Hall–Kier alpha value is -3.09. The Morgan fingerprint density at radius 3 is 2.03 bits per heavy atom. The van der Waals surface area contributed by atoms with Gasteiger partial charge in [0, 0.05) is 19.9 Å². The second kappa shape index (κ2) is 27.9. The molecule has 3 saturated heterocycles. The monoisotopic (exact) mass is 967 g/mol. The lowest BCUT2D eigenvalue weighted by atomic mass is 9.88. The minimum absolute atomic E-state index is 0.0218. The van der Waals surface area contributed by atoms with Crippen LogP contribution in [0.3, 0.4) is 0 Å². The van der Waals surface area contributed by atoms with Gasteiger partial charge in [-0.15, -0.1) is 5.10 Å². The molecule has 3 fully saturated rings. The summed E-state index contributed by atoms with van der Waals surface area (Å²) in [6.45, 7) is 0.668. The largest absolute Gasteiger partial charge is 0.477 e. The highest BCUT2D eigenvalue weighted by Crippen LogP contribution is 2.38. The van der Waals surface area contributed by atoms with E-state index in [0.717, 1.165) is 26.2 Å². The molecule has 386 valence electrons. The first-order valence-electron chi connectivity index (χ1n) is 23.2. The zero-order chi connectivity index (χ0) is 49.3. The van der Waals surface area contributed by atoms with E-state index in [-0.39, 0.29) is 18.8 Å². The fraction of sp³-hybridized carbons (Fsp3) is 0.881. The number of carboxylic acid groups (broad SMARTS) is 1. The molecule has 3 aliphatic heterocycles. The van der Waals surface area contributed by atoms with Gasteiger partial charge in [-0.05, 0) is 6.42 Å². The van der Waals surface area contributed by atoms with Crippen molar-refractivity contribution in [1.29, 1.82) is 0 Å². The number of nitrogens with one attached hydrogen (secondary N) is 2. The van der Waals surface area contributed by atoms with Gasteiger partial charge in [0.2, 0.25) is 5.91 Å². The van der Waals surface area contributed by atoms with E-state index in [2.05, 4.69) is 27.9 Å². The number of aromatic nitrogens is 3. The highest BCUT2D eigenvalue weighted by molar-refractivity contribution is 5.91. The van der Waals surface area contributed by atoms with Crippen molar-refractivity contribution in [1.82, 2.24) is 25.6 Å². The van der Waals surface area contributed by atoms with Crippen LogP contribution in [0.2, 0.25) is 0 Å². The van der Waals surface area contributed by atoms with Crippen molar-refractivity contribution < 1.29 is 99.0 Å². The molecule has 0 aliphatic carbocycles. The molecule has 25 heteroatoms. The summed E-state index contributed by atoms with van der Waals surface area (Å²) >= 11 is 0. The van der Waals surface area contributed by atoms with Crippen molar-refractivity contribution in [2.24, 2.45) is 0 Å². The van der Waals surface area contributed by atoms with Crippen molar-refractivity contribution >= 4 is 17.8 Å². The molecule has 0 spiro atoms. The van der Waals surface area contributed by atoms with Gasteiger partial charge in [0.15, 0.2) is 18.3 Å². The van der Waals surface area contributed by atoms with E-state index in [1.807, 2.05) is 0 Å². The molecule has 1 aromatic rings. The maximum Gasteiger partial charge on any atom is 0.364 e. The first kappa shape index (κ1) is 56.5. The molecule has 3 aliphatic rings. The molecule has 0 saturated carbocycles. The number of nitrogens with zero attached hydrogens (tertiary/aromatic N) is 3. The minimum atomic E-state index is -3.06. The van der Waals surface area contributed by atoms with Crippen LogP contribution in [0.5, 0.6) is 0 Å². The van der Waals surface area contributed by atoms with Crippen molar-refractivity contribution in [2.45, 2.75) is 202 Å². The van der Waals surface area contributed by atoms with Gasteiger partial charge in [-0.2, -0.15) is 0 Å². The molecular formula is C42H73N5O20. The van der Waals surface area contributed by atoms with E-state index in [1.165, 1.54) is 68.7 Å². The first-order chi connectivity index (χ1) is 32.0.